The third-order valence-corrected chi connectivity index (χ3v) is 6.81. The predicted molar refractivity (Wildman–Crippen MR) is 180 cm³/mol. The van der Waals surface area contributed by atoms with E-state index in [2.05, 4.69) is 19.6 Å². The largest absolute Gasteiger partial charge is 0.508 e. The Kier molecular flexibility index (Phi) is 25.8. The molecule has 4 N–H and O–H groups in total. The molecule has 0 unspecified atom stereocenters. The van der Waals surface area contributed by atoms with Gasteiger partial charge in [-0.2, -0.15) is 9.59 Å². The van der Waals surface area contributed by atoms with Crippen LogP contribution >= 0.6 is 92.8 Å². The van der Waals surface area contributed by atoms with Crippen molar-refractivity contribution in [3.8, 4) is 17.2 Å². The first kappa shape index (κ1) is 51.5. The Bertz CT molecular complexity index is 1690. The van der Waals surface area contributed by atoms with E-state index in [1.165, 1.54) is 36.4 Å². The van der Waals surface area contributed by atoms with Gasteiger partial charge in [-0.05, 0) is 48.9 Å². The third kappa shape index (κ3) is 18.9. The molecule has 0 bridgehead atoms. The van der Waals surface area contributed by atoms with Gasteiger partial charge in [-0.25, -0.2) is 48.3 Å². The van der Waals surface area contributed by atoms with E-state index < -0.39 is 35.8 Å². The summed E-state index contributed by atoms with van der Waals surface area (Å²) in [5, 5.41) is 29.0. The van der Waals surface area contributed by atoms with Crippen molar-refractivity contribution in [2.75, 3.05) is 0 Å². The maximum atomic E-state index is 11.8. The van der Waals surface area contributed by atoms with E-state index in [1.807, 2.05) is 0 Å². The van der Waals surface area contributed by atoms with E-state index in [1.54, 1.807) is 6.92 Å². The van der Waals surface area contributed by atoms with Crippen molar-refractivity contribution in [1.29, 1.82) is 0 Å². The zero-order valence-electron chi connectivity index (χ0n) is 25.5. The number of phenolic OH excluding ortho intramolecular Hbond substituents is 1. The summed E-state index contributed by atoms with van der Waals surface area (Å²) in [5.41, 5.74) is 0.793. The minimum absolute atomic E-state index is 0.0591. The molecule has 0 aliphatic carbocycles. The highest BCUT2D eigenvalue weighted by Gasteiger charge is 2.32. The second kappa shape index (κ2) is 27.0. The van der Waals surface area contributed by atoms with Crippen molar-refractivity contribution in [1.82, 2.24) is 0 Å². The lowest BCUT2D eigenvalue weighted by molar-refractivity contribution is -0.296. The Morgan fingerprint density at radius 3 is 1.00 bits per heavy atom. The van der Waals surface area contributed by atoms with Crippen molar-refractivity contribution >= 4 is 141 Å². The highest BCUT2D eigenvalue weighted by Crippen LogP contribution is 2.37. The van der Waals surface area contributed by atoms with Crippen molar-refractivity contribution in [2.45, 2.75) is 6.92 Å². The quantitative estimate of drug-likeness (QED) is 0.0550. The highest BCUT2D eigenvalue weighted by molar-refractivity contribution is 6.42. The van der Waals surface area contributed by atoms with Crippen LogP contribution < -0.4 is 9.47 Å². The van der Waals surface area contributed by atoms with Gasteiger partial charge in [0.25, 0.3) is 6.47 Å². The number of ether oxygens (including phenoxy) is 2. The molecule has 0 spiro atoms. The fraction of sp³-hybridized carbons (Fsp3) is 0.0370. The number of carboxylic acid groups (broad SMARTS) is 1. The van der Waals surface area contributed by atoms with Crippen molar-refractivity contribution in [3.63, 3.8) is 0 Å². The molecular formula is C27H14Cl8O19. The molecule has 27 heteroatoms. The summed E-state index contributed by atoms with van der Waals surface area (Å²) in [4.78, 5) is 101. The first-order chi connectivity index (χ1) is 25.2. The highest BCUT2D eigenvalue weighted by atomic mass is 35.5. The number of halogens is 8. The lowest BCUT2D eigenvalue weighted by Gasteiger charge is -2.10. The van der Waals surface area contributed by atoms with Crippen LogP contribution in [0.2, 0.25) is 40.2 Å². The van der Waals surface area contributed by atoms with Gasteiger partial charge < -0.3 is 19.7 Å². The molecule has 2 aliphatic rings. The van der Waals surface area contributed by atoms with E-state index in [0.29, 0.717) is 10.0 Å². The van der Waals surface area contributed by atoms with E-state index >= 15 is 0 Å². The van der Waals surface area contributed by atoms with E-state index in [-0.39, 0.29) is 60.0 Å². The molecule has 5 rings (SSSR count). The van der Waals surface area contributed by atoms with Gasteiger partial charge in [0.05, 0.1) is 20.1 Å². The van der Waals surface area contributed by atoms with E-state index in [4.69, 9.17) is 137 Å². The van der Waals surface area contributed by atoms with Crippen LogP contribution in [0.4, 0.5) is 0 Å². The average molecular weight is 926 g/mol. The van der Waals surface area contributed by atoms with Crippen LogP contribution in [0.3, 0.4) is 0 Å². The summed E-state index contributed by atoms with van der Waals surface area (Å²) in [6.45, 7) is 1.55. The molecule has 2 saturated heterocycles. The zero-order valence-corrected chi connectivity index (χ0v) is 31.5. The Hall–Kier alpha value is -4.63. The van der Waals surface area contributed by atoms with Crippen LogP contribution in [-0.4, -0.2) is 69.2 Å². The molecule has 2 fully saturated rings. The number of esters is 2. The summed E-state index contributed by atoms with van der Waals surface area (Å²) < 4.78 is 9.64. The van der Waals surface area contributed by atoms with Crippen molar-refractivity contribution in [2.24, 2.45) is 0 Å². The number of hydrogen-bond acceptors (Lipinski definition) is 18. The van der Waals surface area contributed by atoms with Gasteiger partial charge in [-0.15, -0.1) is 0 Å². The van der Waals surface area contributed by atoms with E-state index in [9.17, 15) is 28.8 Å². The first-order valence-corrected chi connectivity index (χ1v) is 15.3. The Morgan fingerprint density at radius 2 is 0.815 bits per heavy atom. The molecule has 54 heavy (non-hydrogen) atoms. The molecule has 19 nitrogen and oxygen atoms in total. The molecule has 0 radical (unpaired) electrons. The minimum Gasteiger partial charge on any atom is -0.508 e. The lowest BCUT2D eigenvalue weighted by Crippen LogP contribution is -2.31. The third-order valence-electron chi connectivity index (χ3n) is 4.47. The second-order valence-electron chi connectivity index (χ2n) is 7.88. The van der Waals surface area contributed by atoms with Gasteiger partial charge >= 0.3 is 42.0 Å². The van der Waals surface area contributed by atoms with Crippen LogP contribution in [0.5, 0.6) is 17.2 Å². The number of hydrogen-bond donors (Lipinski definition) is 4. The minimum atomic E-state index is -1.39. The molecule has 0 aromatic heterocycles. The van der Waals surface area contributed by atoms with Crippen LogP contribution in [0.25, 0.3) is 0 Å². The van der Waals surface area contributed by atoms with Crippen LogP contribution in [-0.2, 0) is 62.7 Å². The summed E-state index contributed by atoms with van der Waals surface area (Å²) in [6, 6.07) is 8.07. The van der Waals surface area contributed by atoms with Gasteiger partial charge in [0.1, 0.15) is 5.75 Å². The molecule has 3 aromatic rings. The molecule has 0 atom stereocenters. The standard InChI is InChI=1S/C14H4Cl6O4.C7H6Cl2O.2C2O4.CH2O2.CO2.H2O2/c15-5-1-7(17)11(8(18)2-5)23-13(21)14(22)24-12-9(19)3-6(16)4-10(12)20;1-4-6(8)2-5(10)3-7(4)9;2*3-1-2(4)6-5-1;2*2-1-3;1-2/h1-4H;2-3,10H,1H3;;;1H,(H,2,3);;1-2H. The molecule has 0 saturated carbocycles. The van der Waals surface area contributed by atoms with E-state index in [0.717, 1.165) is 5.56 Å². The topological polar surface area (TPSA) is 290 Å². The van der Waals surface area contributed by atoms with Gasteiger partial charge in [-0.1, -0.05) is 92.8 Å². The van der Waals surface area contributed by atoms with Gasteiger partial charge in [0.2, 0.25) is 0 Å². The zero-order chi connectivity index (χ0) is 42.3. The SMILES string of the molecule is Cc1c(Cl)cc(O)cc1Cl.O=C(Oc1c(Cl)cc(Cl)cc1Cl)C(=O)Oc1c(Cl)cc(Cl)cc1Cl.O=C1OOC1=O.O=C1OOC1=O.O=C=O.O=CO.OO. The van der Waals surface area contributed by atoms with Crippen molar-refractivity contribution < 1.29 is 92.9 Å². The monoisotopic (exact) mass is 922 g/mol. The Morgan fingerprint density at radius 1 is 0.593 bits per heavy atom. The van der Waals surface area contributed by atoms with Crippen LogP contribution in [0, 0.1) is 6.92 Å². The first-order valence-electron chi connectivity index (χ1n) is 12.2. The molecular weight excluding hydrogens is 912 g/mol. The van der Waals surface area contributed by atoms with Crippen LogP contribution in [0.15, 0.2) is 36.4 Å². The van der Waals surface area contributed by atoms with Gasteiger partial charge in [0, 0.05) is 20.1 Å². The second-order valence-corrected chi connectivity index (χ2v) is 11.2. The summed E-state index contributed by atoms with van der Waals surface area (Å²) in [7, 11) is 0. The average Bonchev–Trinajstić information content (AvgIpc) is 3.10. The molecule has 292 valence electrons. The number of carbonyl (C=O) groups is 7. The Balaban J connectivity index is 0. The summed E-state index contributed by atoms with van der Waals surface area (Å²) >= 11 is 46.2. The number of aromatic hydroxyl groups is 1. The number of carbonyl (C=O) groups excluding carboxylic acids is 8. The molecule has 2 aliphatic heterocycles. The smallest absolute Gasteiger partial charge is 0.467 e. The molecule has 2 heterocycles. The predicted octanol–water partition coefficient (Wildman–Crippen LogP) is 6.26. The molecule has 0 amide bonds. The van der Waals surface area contributed by atoms with Gasteiger partial charge in [-0.3, -0.25) is 15.3 Å². The number of rotatable bonds is 2. The van der Waals surface area contributed by atoms with Gasteiger partial charge in [0.15, 0.2) is 11.5 Å². The maximum absolute atomic E-state index is 11.8. The fourth-order valence-corrected chi connectivity index (χ4v) is 4.64. The summed E-state index contributed by atoms with van der Waals surface area (Å²) in [6.07, 6.45) is 0.250. The fourth-order valence-electron chi connectivity index (χ4n) is 2.37. The van der Waals surface area contributed by atoms with Crippen molar-refractivity contribution in [3.05, 3.63) is 82.1 Å². The number of phenols is 1. The molecule has 3 aromatic carbocycles. The lowest BCUT2D eigenvalue weighted by atomic mass is 10.2. The van der Waals surface area contributed by atoms with Crippen LogP contribution in [0.1, 0.15) is 5.56 Å². The number of benzene rings is 3. The maximum Gasteiger partial charge on any atom is 0.467 e. The normalized spacial score (nSPS) is 10.9. The Labute approximate surface area is 338 Å². The summed E-state index contributed by atoms with van der Waals surface area (Å²) in [5.74, 6) is -6.84.